The van der Waals surface area contributed by atoms with Gasteiger partial charge in [0.2, 0.25) is 17.7 Å². The Morgan fingerprint density at radius 3 is 2.34 bits per heavy atom. The molecule has 13 nitrogen and oxygen atoms in total. The average Bonchev–Trinajstić information content (AvgIpc) is 3.89. The summed E-state index contributed by atoms with van der Waals surface area (Å²) in [6.45, 7) is 13.2. The van der Waals surface area contributed by atoms with Crippen molar-refractivity contribution in [2.75, 3.05) is 7.11 Å². The maximum atomic E-state index is 14.0. The highest BCUT2D eigenvalue weighted by atomic mass is 35.5. The quantitative estimate of drug-likeness (QED) is 0.0885. The number of ether oxygens (including phenoxy) is 3. The van der Waals surface area contributed by atoms with Crippen LogP contribution in [-0.4, -0.2) is 61.1 Å². The molecule has 14 heteroatoms. The number of benzene rings is 2. The molecule has 2 heterocycles. The molecule has 0 aromatic heterocycles. The van der Waals surface area contributed by atoms with Crippen LogP contribution in [0, 0.1) is 16.7 Å². The zero-order valence-corrected chi connectivity index (χ0v) is 32.4. The summed E-state index contributed by atoms with van der Waals surface area (Å²) in [5.41, 5.74) is 9.59. The minimum Gasteiger partial charge on any atom is -0.495 e. The molecule has 1 saturated heterocycles. The summed E-state index contributed by atoms with van der Waals surface area (Å²) in [7, 11) is 1.50. The Hall–Kier alpha value is -4.58. The molecule has 2 aliphatic rings. The number of hydrogen-bond donors (Lipinski definition) is 3. The standard InChI is InChI=1S/C39H51ClN6O7/c1-22(33-34(53-33)26-15-12-24(13-16-26)21-42-46-41)30-10-9-11-32(47)44-28(19-25-14-17-31(51-8)27(40)18-25)35(48)43-23(2)39(6,7)37(50)45-29(36(49)52-30)20-38(3,4)5/h9,11-18,22-23,28-30,33-34H,10,19-21H2,1-8H3,(H,43,48)(H,44,47)(H,45,50)/b11-9+/t22?,23-,28+,29-,30-,33+,34+/m0/s1. The third-order valence-corrected chi connectivity index (χ3v) is 10.2. The van der Waals surface area contributed by atoms with Crippen LogP contribution in [0.3, 0.4) is 0 Å². The first kappa shape index (κ1) is 41.2. The van der Waals surface area contributed by atoms with E-state index in [0.717, 1.165) is 11.1 Å². The minimum atomic E-state index is -1.17. The van der Waals surface area contributed by atoms with E-state index >= 15 is 0 Å². The van der Waals surface area contributed by atoms with E-state index in [0.29, 0.717) is 22.8 Å². The van der Waals surface area contributed by atoms with Gasteiger partial charge in [0.15, 0.2) is 0 Å². The summed E-state index contributed by atoms with van der Waals surface area (Å²) in [6, 6.07) is 10.0. The number of carbonyl (C=O) groups excluding carboxylic acids is 4. The Morgan fingerprint density at radius 2 is 1.72 bits per heavy atom. The molecule has 0 saturated carbocycles. The Morgan fingerprint density at radius 1 is 1.04 bits per heavy atom. The maximum absolute atomic E-state index is 14.0. The van der Waals surface area contributed by atoms with Crippen LogP contribution in [0.25, 0.3) is 10.4 Å². The second kappa shape index (κ2) is 17.5. The van der Waals surface area contributed by atoms with Crippen molar-refractivity contribution in [3.8, 4) is 5.75 Å². The van der Waals surface area contributed by atoms with Crippen molar-refractivity contribution in [2.45, 2.75) is 111 Å². The second-order valence-electron chi connectivity index (χ2n) is 15.6. The number of carbonyl (C=O) groups is 4. The highest BCUT2D eigenvalue weighted by molar-refractivity contribution is 6.32. The summed E-state index contributed by atoms with van der Waals surface area (Å²) in [4.78, 5) is 57.8. The number of nitrogens with one attached hydrogen (secondary N) is 3. The molecule has 53 heavy (non-hydrogen) atoms. The lowest BCUT2D eigenvalue weighted by molar-refractivity contribution is -0.157. The lowest BCUT2D eigenvalue weighted by Gasteiger charge is -2.35. The van der Waals surface area contributed by atoms with Crippen molar-refractivity contribution in [3.63, 3.8) is 0 Å². The van der Waals surface area contributed by atoms with Crippen molar-refractivity contribution in [2.24, 2.45) is 21.9 Å². The van der Waals surface area contributed by atoms with E-state index in [1.807, 2.05) is 52.0 Å². The van der Waals surface area contributed by atoms with Gasteiger partial charge in [-0.3, -0.25) is 14.4 Å². The molecular formula is C39H51ClN6O7. The van der Waals surface area contributed by atoms with E-state index in [-0.39, 0.29) is 42.9 Å². The lowest BCUT2D eigenvalue weighted by Crippen LogP contribution is -2.58. The van der Waals surface area contributed by atoms with Crippen molar-refractivity contribution in [1.82, 2.24) is 16.0 Å². The van der Waals surface area contributed by atoms with Gasteiger partial charge in [0.1, 0.15) is 30.0 Å². The summed E-state index contributed by atoms with van der Waals surface area (Å²) in [5, 5.41) is 12.6. The van der Waals surface area contributed by atoms with Crippen molar-refractivity contribution >= 4 is 35.3 Å². The number of methoxy groups -OCH3 is 1. The summed E-state index contributed by atoms with van der Waals surface area (Å²) < 4.78 is 17.5. The fourth-order valence-electron chi connectivity index (χ4n) is 6.18. The molecule has 4 rings (SSSR count). The van der Waals surface area contributed by atoms with Gasteiger partial charge >= 0.3 is 5.97 Å². The first-order valence-corrected chi connectivity index (χ1v) is 18.2. The summed E-state index contributed by atoms with van der Waals surface area (Å²) in [6.07, 6.45) is 2.27. The van der Waals surface area contributed by atoms with E-state index in [4.69, 9.17) is 31.3 Å². The Balaban J connectivity index is 1.64. The molecule has 1 unspecified atom stereocenters. The van der Waals surface area contributed by atoms with E-state index in [9.17, 15) is 19.2 Å². The highest BCUT2D eigenvalue weighted by Gasteiger charge is 2.48. The van der Waals surface area contributed by atoms with Crippen molar-refractivity contribution in [1.29, 1.82) is 0 Å². The summed E-state index contributed by atoms with van der Waals surface area (Å²) >= 11 is 6.36. The zero-order chi connectivity index (χ0) is 39.1. The molecule has 0 aliphatic carbocycles. The first-order valence-electron chi connectivity index (χ1n) is 17.8. The number of rotatable bonds is 9. The largest absolute Gasteiger partial charge is 0.495 e. The molecule has 2 aromatic carbocycles. The van der Waals surface area contributed by atoms with Crippen molar-refractivity contribution < 1.29 is 33.4 Å². The number of halogens is 1. The van der Waals surface area contributed by atoms with Crippen molar-refractivity contribution in [3.05, 3.63) is 86.8 Å². The number of amides is 3. The molecule has 2 aromatic rings. The molecule has 3 N–H and O–H groups in total. The molecule has 1 fully saturated rings. The lowest BCUT2D eigenvalue weighted by atomic mass is 9.82. The number of epoxide rings is 1. The Labute approximate surface area is 316 Å². The fraction of sp³-hybridized carbons (Fsp3) is 0.538. The van der Waals surface area contributed by atoms with Crippen LogP contribution in [0.2, 0.25) is 5.02 Å². The van der Waals surface area contributed by atoms with Gasteiger partial charge < -0.3 is 30.2 Å². The SMILES string of the molecule is COc1ccc(C[C@H]2NC(=O)/C=C/C[C@@H](C(C)[C@H]3O[C@@H]3c3ccc(CN=[N+]=[N-])cc3)OC(=O)[C@H](CC(C)(C)C)NC(=O)C(C)(C)[C@H](C)NC2=O)cc1Cl. The number of hydrogen-bond acceptors (Lipinski definition) is 8. The predicted octanol–water partition coefficient (Wildman–Crippen LogP) is 6.29. The number of nitrogens with zero attached hydrogens (tertiary/aromatic N) is 3. The minimum absolute atomic E-state index is 0.117. The molecule has 2 aliphatic heterocycles. The van der Waals surface area contributed by atoms with Gasteiger partial charge in [0.05, 0.1) is 30.2 Å². The van der Waals surface area contributed by atoms with Crippen LogP contribution in [-0.2, 0) is 41.6 Å². The number of esters is 1. The van der Waals surface area contributed by atoms with Gasteiger partial charge in [-0.05, 0) is 73.0 Å². The average molecular weight is 751 g/mol. The normalized spacial score (nSPS) is 26.5. The second-order valence-corrected chi connectivity index (χ2v) is 16.0. The Kier molecular flexibility index (Phi) is 13.6. The number of azide groups is 1. The van der Waals surface area contributed by atoms with E-state index < -0.39 is 53.3 Å². The monoisotopic (exact) mass is 750 g/mol. The topological polar surface area (TPSA) is 184 Å². The predicted molar refractivity (Wildman–Crippen MR) is 201 cm³/mol. The first-order chi connectivity index (χ1) is 24.9. The van der Waals surface area contributed by atoms with Gasteiger partial charge in [-0.25, -0.2) is 4.79 Å². The van der Waals surface area contributed by atoms with Gasteiger partial charge in [0, 0.05) is 29.7 Å². The van der Waals surface area contributed by atoms with Crippen LogP contribution >= 0.6 is 11.6 Å². The highest BCUT2D eigenvalue weighted by Crippen LogP contribution is 2.45. The summed E-state index contributed by atoms with van der Waals surface area (Å²) in [5.74, 6) is -1.88. The number of cyclic esters (lactones) is 1. The van der Waals surface area contributed by atoms with Gasteiger partial charge in [-0.2, -0.15) is 0 Å². The van der Waals surface area contributed by atoms with Crippen LogP contribution in [0.5, 0.6) is 5.75 Å². The van der Waals surface area contributed by atoms with Crippen LogP contribution in [0.1, 0.15) is 84.1 Å². The molecule has 0 spiro atoms. The van der Waals surface area contributed by atoms with E-state index in [1.54, 1.807) is 45.0 Å². The Bertz CT molecular complexity index is 1730. The molecule has 7 atom stereocenters. The van der Waals surface area contributed by atoms with Crippen LogP contribution in [0.15, 0.2) is 59.7 Å². The van der Waals surface area contributed by atoms with E-state index in [1.165, 1.54) is 13.2 Å². The molecule has 3 amide bonds. The smallest absolute Gasteiger partial charge is 0.328 e. The molecular weight excluding hydrogens is 700 g/mol. The molecule has 286 valence electrons. The molecule has 0 bridgehead atoms. The molecule has 0 radical (unpaired) electrons. The van der Waals surface area contributed by atoms with Gasteiger partial charge in [0.25, 0.3) is 0 Å². The third-order valence-electron chi connectivity index (χ3n) is 9.88. The maximum Gasteiger partial charge on any atom is 0.328 e. The zero-order valence-electron chi connectivity index (χ0n) is 31.6. The fourth-order valence-corrected chi connectivity index (χ4v) is 6.46. The van der Waals surface area contributed by atoms with E-state index in [2.05, 4.69) is 26.0 Å². The van der Waals surface area contributed by atoms with Crippen LogP contribution < -0.4 is 20.7 Å². The van der Waals surface area contributed by atoms with Gasteiger partial charge in [-0.15, -0.1) is 0 Å². The third kappa shape index (κ3) is 11.2. The van der Waals surface area contributed by atoms with Gasteiger partial charge in [-0.1, -0.05) is 80.8 Å². The van der Waals surface area contributed by atoms with Crippen LogP contribution in [0.4, 0.5) is 0 Å².